The monoisotopic (exact) mass is 167 g/mol. The number of nitrogens with zero attached hydrogens (tertiary/aromatic N) is 2. The smallest absolute Gasteiger partial charge is 0.445 e. The molecule has 0 N–H and O–H groups in total. The number of rotatable bonds is 1. The van der Waals surface area contributed by atoms with Gasteiger partial charge in [-0.15, -0.1) is 0 Å². The molecule has 0 fully saturated rings. The second kappa shape index (κ2) is 2.25. The predicted octanol–water partition coefficient (Wildman–Crippen LogP) is 0.614. The highest BCUT2D eigenvalue weighted by Crippen LogP contribution is 2.09. The van der Waals surface area contributed by atoms with Gasteiger partial charge in [0, 0.05) is 13.2 Å². The van der Waals surface area contributed by atoms with Crippen molar-refractivity contribution in [1.82, 2.24) is 9.78 Å². The number of hydrogen-bond acceptors (Lipinski definition) is 1. The van der Waals surface area contributed by atoms with Gasteiger partial charge in [0.05, 0.1) is 0 Å². The summed E-state index contributed by atoms with van der Waals surface area (Å²) in [5.41, 5.74) is -1.27. The molecule has 0 saturated heterocycles. The molecule has 2 nitrogen and oxygen atoms in total. The lowest BCUT2D eigenvalue weighted by Gasteiger charge is -2.10. The summed E-state index contributed by atoms with van der Waals surface area (Å²) in [5.74, 6) is -1.34. The highest BCUT2D eigenvalue weighted by atomic mass is 19.4. The van der Waals surface area contributed by atoms with Crippen LogP contribution in [0.5, 0.6) is 0 Å². The normalized spacial score (nSPS) is 12.1. The van der Waals surface area contributed by atoms with Crippen molar-refractivity contribution in [3.63, 3.8) is 0 Å². The molecular formula is C4H4BF4N2-. The molecular weight excluding hydrogens is 163 g/mol. The van der Waals surface area contributed by atoms with Gasteiger partial charge in [-0.25, -0.2) is 4.68 Å². The van der Waals surface area contributed by atoms with E-state index in [1.807, 2.05) is 0 Å². The molecule has 62 valence electrons. The van der Waals surface area contributed by atoms with Crippen molar-refractivity contribution in [2.45, 2.75) is 0 Å². The van der Waals surface area contributed by atoms with E-state index in [-0.39, 0.29) is 0 Å². The van der Waals surface area contributed by atoms with E-state index in [9.17, 15) is 17.3 Å². The molecule has 1 aromatic heterocycles. The Bertz CT molecular complexity index is 266. The van der Waals surface area contributed by atoms with Crippen LogP contribution in [-0.2, 0) is 7.05 Å². The first kappa shape index (κ1) is 8.09. The Labute approximate surface area is 59.9 Å². The highest BCUT2D eigenvalue weighted by Gasteiger charge is 2.31. The van der Waals surface area contributed by atoms with Gasteiger partial charge in [-0.2, -0.15) is 9.49 Å². The molecule has 0 aliphatic heterocycles. The molecule has 0 bridgehead atoms. The molecule has 0 aromatic carbocycles. The van der Waals surface area contributed by atoms with Crippen LogP contribution in [0.25, 0.3) is 0 Å². The van der Waals surface area contributed by atoms with Crippen LogP contribution in [-0.4, -0.2) is 16.8 Å². The van der Waals surface area contributed by atoms with Gasteiger partial charge in [-0.1, -0.05) is 0 Å². The average molecular weight is 167 g/mol. The van der Waals surface area contributed by atoms with E-state index in [1.54, 1.807) is 0 Å². The maximum atomic E-state index is 12.5. The summed E-state index contributed by atoms with van der Waals surface area (Å²) >= 11 is 0. The molecule has 1 rings (SSSR count). The zero-order valence-corrected chi connectivity index (χ0v) is 5.56. The van der Waals surface area contributed by atoms with Gasteiger partial charge in [0.25, 0.3) is 0 Å². The second-order valence-electron chi connectivity index (χ2n) is 2.09. The summed E-state index contributed by atoms with van der Waals surface area (Å²) in [7, 11) is 1.11. The molecule has 1 aromatic rings. The molecule has 7 heteroatoms. The van der Waals surface area contributed by atoms with Crippen LogP contribution in [0.3, 0.4) is 0 Å². The molecule has 0 aliphatic rings. The Balaban J connectivity index is 3.15. The summed E-state index contributed by atoms with van der Waals surface area (Å²) < 4.78 is 48.5. The molecule has 0 amide bonds. The van der Waals surface area contributed by atoms with Gasteiger partial charge in [0.1, 0.15) is 0 Å². The minimum atomic E-state index is -5.27. The van der Waals surface area contributed by atoms with Gasteiger partial charge >= 0.3 is 6.98 Å². The van der Waals surface area contributed by atoms with Crippen LogP contribution in [0, 0.1) is 5.95 Å². The Morgan fingerprint density at radius 2 is 2.00 bits per heavy atom. The molecule has 0 radical (unpaired) electrons. The quantitative estimate of drug-likeness (QED) is 0.442. The fraction of sp³-hybridized carbons (Fsp3) is 0.250. The third-order valence-corrected chi connectivity index (χ3v) is 1.24. The lowest BCUT2D eigenvalue weighted by atomic mass is 9.83. The fourth-order valence-corrected chi connectivity index (χ4v) is 0.659. The van der Waals surface area contributed by atoms with Gasteiger partial charge < -0.3 is 12.9 Å². The Hall–Kier alpha value is -1.01. The van der Waals surface area contributed by atoms with E-state index in [0.29, 0.717) is 10.9 Å². The van der Waals surface area contributed by atoms with Crippen molar-refractivity contribution in [3.8, 4) is 0 Å². The van der Waals surface area contributed by atoms with E-state index in [2.05, 4.69) is 5.10 Å². The first-order valence-electron chi connectivity index (χ1n) is 2.80. The SMILES string of the molecule is Cn1ncc([B-](F)(F)F)c1F. The van der Waals surface area contributed by atoms with Gasteiger partial charge in [0.15, 0.2) is 5.95 Å². The summed E-state index contributed by atoms with van der Waals surface area (Å²) in [6.07, 6.45) is 0.481. The predicted molar refractivity (Wildman–Crippen MR) is 31.9 cm³/mol. The minimum absolute atomic E-state index is 0.481. The van der Waals surface area contributed by atoms with Crippen molar-refractivity contribution in [2.24, 2.45) is 7.05 Å². The summed E-state index contributed by atoms with van der Waals surface area (Å²) in [6, 6.07) is 0. The van der Waals surface area contributed by atoms with Crippen LogP contribution < -0.4 is 5.46 Å². The first-order valence-corrected chi connectivity index (χ1v) is 2.80. The zero-order chi connectivity index (χ0) is 8.65. The number of hydrogen-bond donors (Lipinski definition) is 0. The number of aryl methyl sites for hydroxylation is 1. The van der Waals surface area contributed by atoms with Crippen molar-refractivity contribution in [3.05, 3.63) is 12.1 Å². The summed E-state index contributed by atoms with van der Waals surface area (Å²) in [4.78, 5) is 0. The van der Waals surface area contributed by atoms with Crippen LogP contribution in [0.15, 0.2) is 6.20 Å². The Morgan fingerprint density at radius 1 is 1.45 bits per heavy atom. The molecule has 0 aliphatic carbocycles. The Kier molecular flexibility index (Phi) is 1.65. The average Bonchev–Trinajstić information content (AvgIpc) is 2.11. The lowest BCUT2D eigenvalue weighted by Crippen LogP contribution is -2.35. The summed E-state index contributed by atoms with van der Waals surface area (Å²) in [6.45, 7) is -5.27. The minimum Gasteiger partial charge on any atom is -0.445 e. The van der Waals surface area contributed by atoms with Crippen molar-refractivity contribution < 1.29 is 17.3 Å². The van der Waals surface area contributed by atoms with Crippen molar-refractivity contribution in [1.29, 1.82) is 0 Å². The van der Waals surface area contributed by atoms with Gasteiger partial charge in [0.2, 0.25) is 0 Å². The molecule has 0 unspecified atom stereocenters. The topological polar surface area (TPSA) is 17.8 Å². The first-order chi connectivity index (χ1) is 4.93. The van der Waals surface area contributed by atoms with Crippen molar-refractivity contribution in [2.75, 3.05) is 0 Å². The second-order valence-corrected chi connectivity index (χ2v) is 2.09. The van der Waals surface area contributed by atoms with Crippen LogP contribution in [0.2, 0.25) is 0 Å². The number of aromatic nitrogens is 2. The van der Waals surface area contributed by atoms with Crippen LogP contribution in [0.1, 0.15) is 0 Å². The van der Waals surface area contributed by atoms with E-state index in [4.69, 9.17) is 0 Å². The van der Waals surface area contributed by atoms with Gasteiger partial charge in [-0.05, 0) is 5.46 Å². The largest absolute Gasteiger partial charge is 0.515 e. The van der Waals surface area contributed by atoms with Crippen LogP contribution >= 0.6 is 0 Å². The standard InChI is InChI=1S/C4H4BF4N2/c1-11-4(6)3(2-10-11)5(7,8)9/h2H,1H3/q-1. The summed E-state index contributed by atoms with van der Waals surface area (Å²) in [5, 5.41) is 3.12. The molecule has 0 atom stereocenters. The van der Waals surface area contributed by atoms with Gasteiger partial charge in [-0.3, -0.25) is 0 Å². The Morgan fingerprint density at radius 3 is 2.18 bits per heavy atom. The lowest BCUT2D eigenvalue weighted by molar-refractivity contribution is 0.477. The van der Waals surface area contributed by atoms with E-state index < -0.39 is 18.4 Å². The van der Waals surface area contributed by atoms with E-state index >= 15 is 0 Å². The molecule has 0 spiro atoms. The number of halogens is 4. The maximum absolute atomic E-state index is 12.5. The fourth-order valence-electron chi connectivity index (χ4n) is 0.659. The third-order valence-electron chi connectivity index (χ3n) is 1.24. The molecule has 11 heavy (non-hydrogen) atoms. The maximum Gasteiger partial charge on any atom is 0.515 e. The van der Waals surface area contributed by atoms with E-state index in [0.717, 1.165) is 7.05 Å². The van der Waals surface area contributed by atoms with Crippen LogP contribution in [0.4, 0.5) is 17.3 Å². The highest BCUT2D eigenvalue weighted by molar-refractivity contribution is 6.73. The zero-order valence-electron chi connectivity index (χ0n) is 5.56. The molecule has 0 saturated carbocycles. The molecule has 1 heterocycles. The van der Waals surface area contributed by atoms with Crippen molar-refractivity contribution >= 4 is 12.4 Å². The van der Waals surface area contributed by atoms with E-state index in [1.165, 1.54) is 0 Å². The third kappa shape index (κ3) is 1.36.